The summed E-state index contributed by atoms with van der Waals surface area (Å²) < 4.78 is 44.9. The topological polar surface area (TPSA) is 32.8 Å². The molecule has 172 valence electrons. The van der Waals surface area contributed by atoms with Crippen molar-refractivity contribution in [1.29, 1.82) is 0 Å². The van der Waals surface area contributed by atoms with E-state index in [9.17, 15) is 18.0 Å². The Kier molecular flexibility index (Phi) is 6.11. The third-order valence-corrected chi connectivity index (χ3v) is 7.21. The zero-order chi connectivity index (χ0) is 23.3. The van der Waals surface area contributed by atoms with E-state index in [4.69, 9.17) is 27.9 Å². The number of nitrogens with zero attached hydrogens (tertiary/aromatic N) is 2. The van der Waals surface area contributed by atoms with Gasteiger partial charge in [-0.05, 0) is 55.2 Å². The van der Waals surface area contributed by atoms with Crippen molar-refractivity contribution in [3.8, 4) is 0 Å². The van der Waals surface area contributed by atoms with E-state index in [-0.39, 0.29) is 10.9 Å². The van der Waals surface area contributed by atoms with Crippen molar-refractivity contribution in [2.75, 3.05) is 38.3 Å². The third kappa shape index (κ3) is 4.18. The maximum absolute atomic E-state index is 13.2. The SMILES string of the molecule is CN1c2cc(C(F)(F)F)ccc2CC1(C)Cc1c(Cl)ccc(C(=O)N2CCOCC2)c1Cl. The van der Waals surface area contributed by atoms with E-state index in [1.807, 2.05) is 11.8 Å². The molecular formula is C23H23Cl2F3N2O2. The molecule has 0 N–H and O–H groups in total. The molecular weight excluding hydrogens is 464 g/mol. The van der Waals surface area contributed by atoms with Gasteiger partial charge in [-0.3, -0.25) is 4.79 Å². The summed E-state index contributed by atoms with van der Waals surface area (Å²) in [6.45, 7) is 3.90. The smallest absolute Gasteiger partial charge is 0.378 e. The van der Waals surface area contributed by atoms with E-state index in [1.54, 1.807) is 24.1 Å². The summed E-state index contributed by atoms with van der Waals surface area (Å²) in [6, 6.07) is 7.10. The number of morpholine rings is 1. The minimum atomic E-state index is -4.41. The average molecular weight is 487 g/mol. The molecule has 2 aliphatic rings. The molecule has 1 fully saturated rings. The Morgan fingerprint density at radius 2 is 1.84 bits per heavy atom. The molecule has 0 saturated carbocycles. The van der Waals surface area contributed by atoms with E-state index in [0.717, 1.165) is 11.6 Å². The van der Waals surface area contributed by atoms with Gasteiger partial charge in [0.2, 0.25) is 0 Å². The Labute approximate surface area is 194 Å². The van der Waals surface area contributed by atoms with Gasteiger partial charge in [-0.15, -0.1) is 0 Å². The van der Waals surface area contributed by atoms with Crippen LogP contribution in [-0.4, -0.2) is 49.7 Å². The molecule has 4 rings (SSSR count). The number of fused-ring (bicyclic) bond motifs is 1. The fourth-order valence-electron chi connectivity index (χ4n) is 4.45. The molecule has 2 heterocycles. The maximum Gasteiger partial charge on any atom is 0.416 e. The normalized spacial score (nSPS) is 21.1. The summed E-state index contributed by atoms with van der Waals surface area (Å²) in [4.78, 5) is 16.5. The quantitative estimate of drug-likeness (QED) is 0.575. The van der Waals surface area contributed by atoms with Gasteiger partial charge in [-0.2, -0.15) is 13.2 Å². The highest BCUT2D eigenvalue weighted by Gasteiger charge is 2.41. The Balaban J connectivity index is 1.64. The molecule has 2 aromatic carbocycles. The van der Waals surface area contributed by atoms with Crippen molar-refractivity contribution in [2.24, 2.45) is 0 Å². The second-order valence-corrected chi connectivity index (χ2v) is 9.33. The monoisotopic (exact) mass is 486 g/mol. The van der Waals surface area contributed by atoms with E-state index >= 15 is 0 Å². The first-order valence-electron chi connectivity index (χ1n) is 10.3. The van der Waals surface area contributed by atoms with Gasteiger partial charge in [0.25, 0.3) is 5.91 Å². The van der Waals surface area contributed by atoms with E-state index in [0.29, 0.717) is 61.0 Å². The van der Waals surface area contributed by atoms with Gasteiger partial charge in [0.05, 0.1) is 29.4 Å². The van der Waals surface area contributed by atoms with Crippen LogP contribution in [0.4, 0.5) is 18.9 Å². The minimum absolute atomic E-state index is 0.181. The van der Waals surface area contributed by atoms with Crippen LogP contribution in [0.3, 0.4) is 0 Å². The number of likely N-dealkylation sites (N-methyl/N-ethyl adjacent to an activating group) is 1. The second kappa shape index (κ2) is 8.43. The van der Waals surface area contributed by atoms with Gasteiger partial charge in [0.1, 0.15) is 0 Å². The molecule has 1 unspecified atom stereocenters. The van der Waals surface area contributed by atoms with Gasteiger partial charge in [-0.1, -0.05) is 29.3 Å². The molecule has 0 spiro atoms. The number of carbonyl (C=O) groups is 1. The van der Waals surface area contributed by atoms with Crippen LogP contribution in [0.2, 0.25) is 10.0 Å². The number of rotatable bonds is 3. The standard InChI is InChI=1S/C23H23Cl2F3N2O2/c1-22(12-14-3-4-15(23(26,27)28)11-19(14)29(22)2)13-17-18(24)6-5-16(20(17)25)21(31)30-7-9-32-10-8-30/h3-6,11H,7-10,12-13H2,1-2H3. The molecule has 4 nitrogen and oxygen atoms in total. The molecule has 2 aliphatic heterocycles. The highest BCUT2D eigenvalue weighted by atomic mass is 35.5. The molecule has 1 saturated heterocycles. The first kappa shape index (κ1) is 23.2. The van der Waals surface area contributed by atoms with Crippen molar-refractivity contribution in [1.82, 2.24) is 4.90 Å². The highest BCUT2D eigenvalue weighted by molar-refractivity contribution is 6.38. The van der Waals surface area contributed by atoms with Crippen LogP contribution in [0.5, 0.6) is 0 Å². The lowest BCUT2D eigenvalue weighted by atomic mass is 9.88. The third-order valence-electron chi connectivity index (χ3n) is 6.43. The molecule has 2 aromatic rings. The second-order valence-electron chi connectivity index (χ2n) is 8.54. The molecule has 9 heteroatoms. The lowest BCUT2D eigenvalue weighted by molar-refractivity contribution is -0.137. The number of hydrogen-bond donors (Lipinski definition) is 0. The van der Waals surface area contributed by atoms with Crippen LogP contribution in [0, 0.1) is 0 Å². The summed E-state index contributed by atoms with van der Waals surface area (Å²) in [5.74, 6) is -0.181. The first-order chi connectivity index (χ1) is 15.0. The maximum atomic E-state index is 13.2. The zero-order valence-electron chi connectivity index (χ0n) is 17.7. The highest BCUT2D eigenvalue weighted by Crippen LogP contribution is 2.44. The largest absolute Gasteiger partial charge is 0.416 e. The molecule has 1 atom stereocenters. The van der Waals surface area contributed by atoms with Crippen LogP contribution < -0.4 is 4.90 Å². The summed E-state index contributed by atoms with van der Waals surface area (Å²) in [5, 5.41) is 0.714. The number of anilines is 1. The van der Waals surface area contributed by atoms with Crippen molar-refractivity contribution >= 4 is 34.8 Å². The fraction of sp³-hybridized carbons (Fsp3) is 0.435. The summed E-state index contributed by atoms with van der Waals surface area (Å²) >= 11 is 13.2. The molecule has 0 aromatic heterocycles. The summed E-state index contributed by atoms with van der Waals surface area (Å²) in [6.07, 6.45) is -3.50. The number of benzene rings is 2. The molecule has 0 radical (unpaired) electrons. The summed E-state index contributed by atoms with van der Waals surface area (Å²) in [5.41, 5.74) is 1.12. The van der Waals surface area contributed by atoms with Gasteiger partial charge < -0.3 is 14.5 Å². The van der Waals surface area contributed by atoms with Gasteiger partial charge in [-0.25, -0.2) is 0 Å². The summed E-state index contributed by atoms with van der Waals surface area (Å²) in [7, 11) is 1.77. The zero-order valence-corrected chi connectivity index (χ0v) is 19.2. The van der Waals surface area contributed by atoms with Crippen molar-refractivity contribution in [3.05, 3.63) is 62.6 Å². The minimum Gasteiger partial charge on any atom is -0.378 e. The van der Waals surface area contributed by atoms with Crippen LogP contribution >= 0.6 is 23.2 Å². The molecule has 0 aliphatic carbocycles. The molecule has 1 amide bonds. The number of ether oxygens (including phenoxy) is 1. The van der Waals surface area contributed by atoms with Crippen LogP contribution in [0.25, 0.3) is 0 Å². The Bertz CT molecular complexity index is 1050. The lowest BCUT2D eigenvalue weighted by Gasteiger charge is -2.35. The molecule has 32 heavy (non-hydrogen) atoms. The first-order valence-corrected chi connectivity index (χ1v) is 11.0. The number of carbonyl (C=O) groups excluding carboxylic acids is 1. The lowest BCUT2D eigenvalue weighted by Crippen LogP contribution is -2.44. The number of alkyl halides is 3. The predicted octanol–water partition coefficient (Wildman–Crippen LogP) is 5.48. The van der Waals surface area contributed by atoms with Gasteiger partial charge in [0, 0.05) is 36.4 Å². The number of amides is 1. The number of halogens is 5. The Morgan fingerprint density at radius 1 is 1.16 bits per heavy atom. The van der Waals surface area contributed by atoms with E-state index in [1.165, 1.54) is 12.1 Å². The van der Waals surface area contributed by atoms with Gasteiger partial charge >= 0.3 is 6.18 Å². The van der Waals surface area contributed by atoms with E-state index in [2.05, 4.69) is 0 Å². The Morgan fingerprint density at radius 3 is 2.50 bits per heavy atom. The fourth-order valence-corrected chi connectivity index (χ4v) is 5.03. The number of hydrogen-bond acceptors (Lipinski definition) is 3. The average Bonchev–Trinajstić information content (AvgIpc) is 3.00. The van der Waals surface area contributed by atoms with Crippen molar-refractivity contribution in [3.63, 3.8) is 0 Å². The van der Waals surface area contributed by atoms with Crippen LogP contribution in [0.1, 0.15) is 34.0 Å². The van der Waals surface area contributed by atoms with Crippen LogP contribution in [0.15, 0.2) is 30.3 Å². The Hall–Kier alpha value is -1.96. The van der Waals surface area contributed by atoms with E-state index < -0.39 is 17.3 Å². The van der Waals surface area contributed by atoms with Crippen molar-refractivity contribution in [2.45, 2.75) is 31.5 Å². The predicted molar refractivity (Wildman–Crippen MR) is 119 cm³/mol. The van der Waals surface area contributed by atoms with Crippen molar-refractivity contribution < 1.29 is 22.7 Å². The van der Waals surface area contributed by atoms with Gasteiger partial charge in [0.15, 0.2) is 0 Å². The molecule has 0 bridgehead atoms. The van der Waals surface area contributed by atoms with Crippen LogP contribution in [-0.2, 0) is 23.8 Å².